The third kappa shape index (κ3) is 3.05. The maximum atomic E-state index is 5.86. The monoisotopic (exact) mass is 261 g/mol. The fourth-order valence-corrected chi connectivity index (χ4v) is 1.73. The summed E-state index contributed by atoms with van der Waals surface area (Å²) in [7, 11) is 0. The van der Waals surface area contributed by atoms with Crippen LogP contribution in [0.15, 0.2) is 18.5 Å². The van der Waals surface area contributed by atoms with Crippen molar-refractivity contribution < 1.29 is 9.47 Å². The molecule has 0 bridgehead atoms. The molecule has 19 heavy (non-hydrogen) atoms. The molecule has 2 aromatic rings. The summed E-state index contributed by atoms with van der Waals surface area (Å²) >= 11 is 0. The number of rotatable bonds is 6. The minimum atomic E-state index is 0.452. The van der Waals surface area contributed by atoms with E-state index < -0.39 is 0 Å². The molecule has 0 spiro atoms. The zero-order valence-corrected chi connectivity index (χ0v) is 11.3. The van der Waals surface area contributed by atoms with Crippen molar-refractivity contribution in [2.45, 2.75) is 26.7 Å². The maximum absolute atomic E-state index is 5.86. The minimum absolute atomic E-state index is 0.452. The van der Waals surface area contributed by atoms with E-state index in [9.17, 15) is 0 Å². The van der Waals surface area contributed by atoms with E-state index in [0.717, 1.165) is 23.7 Å². The lowest BCUT2D eigenvalue weighted by Gasteiger charge is -2.13. The summed E-state index contributed by atoms with van der Waals surface area (Å²) in [6.45, 7) is 5.41. The highest BCUT2D eigenvalue weighted by atomic mass is 16.5. The molecule has 0 radical (unpaired) electrons. The first-order chi connectivity index (χ1) is 9.26. The first-order valence-corrected chi connectivity index (χ1v) is 6.56. The second-order valence-corrected chi connectivity index (χ2v) is 4.27. The van der Waals surface area contributed by atoms with Crippen LogP contribution in [-0.4, -0.2) is 23.2 Å². The van der Waals surface area contributed by atoms with Gasteiger partial charge in [0.15, 0.2) is 11.5 Å². The molecular weight excluding hydrogens is 242 g/mol. The van der Waals surface area contributed by atoms with Crippen molar-refractivity contribution in [1.82, 2.24) is 9.97 Å². The van der Waals surface area contributed by atoms with E-state index in [1.165, 1.54) is 6.33 Å². The molecule has 0 aliphatic rings. The van der Waals surface area contributed by atoms with Gasteiger partial charge in [0.25, 0.3) is 0 Å². The van der Waals surface area contributed by atoms with Crippen LogP contribution >= 0.6 is 0 Å². The fraction of sp³-hybridized carbons (Fsp3) is 0.429. The predicted octanol–water partition coefficient (Wildman–Crippen LogP) is 2.79. The Labute approximate surface area is 112 Å². The van der Waals surface area contributed by atoms with Crippen molar-refractivity contribution in [2.24, 2.45) is 0 Å². The molecule has 1 aromatic heterocycles. The molecule has 0 aliphatic heterocycles. The molecule has 5 heteroatoms. The second-order valence-electron chi connectivity index (χ2n) is 4.27. The van der Waals surface area contributed by atoms with Crippen LogP contribution in [0.4, 0.5) is 5.82 Å². The Balaban J connectivity index is 2.43. The molecule has 0 saturated heterocycles. The van der Waals surface area contributed by atoms with Gasteiger partial charge in [-0.3, -0.25) is 0 Å². The number of fused-ring (bicyclic) bond motifs is 1. The van der Waals surface area contributed by atoms with Crippen LogP contribution in [0.25, 0.3) is 10.9 Å². The number of hydrogen-bond donors (Lipinski definition) is 1. The van der Waals surface area contributed by atoms with Gasteiger partial charge in [-0.15, -0.1) is 0 Å². The number of ether oxygens (including phenoxy) is 2. The van der Waals surface area contributed by atoms with E-state index in [4.69, 9.17) is 15.2 Å². The summed E-state index contributed by atoms with van der Waals surface area (Å²) in [6, 6.07) is 3.71. The number of nitrogens with zero attached hydrogens (tertiary/aromatic N) is 2. The van der Waals surface area contributed by atoms with E-state index in [2.05, 4.69) is 23.8 Å². The Kier molecular flexibility index (Phi) is 4.39. The summed E-state index contributed by atoms with van der Waals surface area (Å²) in [5, 5.41) is 0.789. The third-order valence-corrected chi connectivity index (χ3v) is 2.66. The van der Waals surface area contributed by atoms with Gasteiger partial charge in [0.2, 0.25) is 0 Å². The molecule has 1 heterocycles. The summed E-state index contributed by atoms with van der Waals surface area (Å²) in [5.41, 5.74) is 6.62. The van der Waals surface area contributed by atoms with Gasteiger partial charge < -0.3 is 15.2 Å². The highest BCUT2D eigenvalue weighted by molar-refractivity contribution is 5.90. The minimum Gasteiger partial charge on any atom is -0.490 e. The van der Waals surface area contributed by atoms with E-state index in [-0.39, 0.29) is 0 Å². The van der Waals surface area contributed by atoms with Gasteiger partial charge in [-0.1, -0.05) is 13.8 Å². The van der Waals surface area contributed by atoms with Crippen LogP contribution in [0.2, 0.25) is 0 Å². The van der Waals surface area contributed by atoms with Crippen LogP contribution in [0.5, 0.6) is 11.5 Å². The zero-order valence-electron chi connectivity index (χ0n) is 11.3. The lowest BCUT2D eigenvalue weighted by atomic mass is 10.2. The number of benzene rings is 1. The maximum Gasteiger partial charge on any atom is 0.163 e. The zero-order chi connectivity index (χ0) is 13.7. The van der Waals surface area contributed by atoms with E-state index in [1.807, 2.05) is 12.1 Å². The molecule has 0 saturated carbocycles. The number of nitrogens with two attached hydrogens (primary N) is 1. The molecule has 2 N–H and O–H groups in total. The summed E-state index contributed by atoms with van der Waals surface area (Å²) in [5.74, 6) is 1.86. The Bertz CT molecular complexity index is 558. The third-order valence-electron chi connectivity index (χ3n) is 2.66. The fourth-order valence-electron chi connectivity index (χ4n) is 1.73. The van der Waals surface area contributed by atoms with Gasteiger partial charge in [0, 0.05) is 11.5 Å². The summed E-state index contributed by atoms with van der Waals surface area (Å²) in [4.78, 5) is 8.20. The van der Waals surface area contributed by atoms with Crippen LogP contribution in [0, 0.1) is 0 Å². The lowest BCUT2D eigenvalue weighted by Crippen LogP contribution is -2.02. The second kappa shape index (κ2) is 6.22. The molecule has 0 amide bonds. The van der Waals surface area contributed by atoms with Crippen molar-refractivity contribution in [3.63, 3.8) is 0 Å². The normalized spacial score (nSPS) is 10.6. The molecule has 102 valence electrons. The molecule has 5 nitrogen and oxygen atoms in total. The van der Waals surface area contributed by atoms with Gasteiger partial charge in [-0.05, 0) is 18.9 Å². The van der Waals surface area contributed by atoms with Gasteiger partial charge in [-0.2, -0.15) is 0 Å². The smallest absolute Gasteiger partial charge is 0.163 e. The first-order valence-electron chi connectivity index (χ1n) is 6.56. The van der Waals surface area contributed by atoms with Crippen molar-refractivity contribution in [1.29, 1.82) is 0 Å². The van der Waals surface area contributed by atoms with E-state index in [1.54, 1.807) is 0 Å². The first kappa shape index (κ1) is 13.4. The molecule has 0 fully saturated rings. The highest BCUT2D eigenvalue weighted by Gasteiger charge is 2.10. The van der Waals surface area contributed by atoms with Crippen LogP contribution < -0.4 is 15.2 Å². The van der Waals surface area contributed by atoms with Crippen molar-refractivity contribution in [3.8, 4) is 11.5 Å². The van der Waals surface area contributed by atoms with Crippen molar-refractivity contribution in [2.75, 3.05) is 18.9 Å². The Morgan fingerprint density at radius 2 is 1.63 bits per heavy atom. The SMILES string of the molecule is CCCOc1cc2ncnc(N)c2cc1OCCC. The van der Waals surface area contributed by atoms with Gasteiger partial charge in [0.05, 0.1) is 18.7 Å². The average Bonchev–Trinajstić information content (AvgIpc) is 2.43. The highest BCUT2D eigenvalue weighted by Crippen LogP contribution is 2.33. The van der Waals surface area contributed by atoms with Crippen molar-refractivity contribution in [3.05, 3.63) is 18.5 Å². The number of aromatic nitrogens is 2. The largest absolute Gasteiger partial charge is 0.490 e. The van der Waals surface area contributed by atoms with Crippen LogP contribution in [-0.2, 0) is 0 Å². The Morgan fingerprint density at radius 3 is 2.26 bits per heavy atom. The molecular formula is C14H19N3O2. The molecule has 2 rings (SSSR count). The Hall–Kier alpha value is -2.04. The molecule has 0 unspecified atom stereocenters. The summed E-state index contributed by atoms with van der Waals surface area (Å²) < 4.78 is 11.4. The number of hydrogen-bond acceptors (Lipinski definition) is 5. The number of anilines is 1. The lowest BCUT2D eigenvalue weighted by molar-refractivity contribution is 0.269. The van der Waals surface area contributed by atoms with Crippen LogP contribution in [0.3, 0.4) is 0 Å². The molecule has 0 atom stereocenters. The quantitative estimate of drug-likeness (QED) is 0.865. The van der Waals surface area contributed by atoms with E-state index in [0.29, 0.717) is 30.5 Å². The standard InChI is InChI=1S/C14H19N3O2/c1-3-5-18-12-7-10-11(16-9-17-14(10)15)8-13(12)19-6-4-2/h7-9H,3-6H2,1-2H3,(H2,15,16,17). The number of nitrogen functional groups attached to an aromatic ring is 1. The van der Waals surface area contributed by atoms with Gasteiger partial charge in [0.1, 0.15) is 12.1 Å². The summed E-state index contributed by atoms with van der Waals surface area (Å²) in [6.07, 6.45) is 3.33. The van der Waals surface area contributed by atoms with Crippen LogP contribution in [0.1, 0.15) is 26.7 Å². The van der Waals surface area contributed by atoms with Gasteiger partial charge >= 0.3 is 0 Å². The topological polar surface area (TPSA) is 70.3 Å². The van der Waals surface area contributed by atoms with Crippen molar-refractivity contribution >= 4 is 16.7 Å². The van der Waals surface area contributed by atoms with E-state index >= 15 is 0 Å². The average molecular weight is 261 g/mol. The molecule has 1 aromatic carbocycles. The predicted molar refractivity (Wildman–Crippen MR) is 75.5 cm³/mol. The molecule has 0 aliphatic carbocycles. The van der Waals surface area contributed by atoms with Gasteiger partial charge in [-0.25, -0.2) is 9.97 Å². The Morgan fingerprint density at radius 1 is 1.00 bits per heavy atom.